The van der Waals surface area contributed by atoms with Crippen molar-refractivity contribution in [1.82, 2.24) is 14.5 Å². The van der Waals surface area contributed by atoms with Crippen LogP contribution in [0.15, 0.2) is 41.8 Å². The Kier molecular flexibility index (Phi) is 3.87. The zero-order chi connectivity index (χ0) is 14.1. The Morgan fingerprint density at radius 2 is 1.90 bits per heavy atom. The molecule has 0 aliphatic carbocycles. The van der Waals surface area contributed by atoms with Crippen LogP contribution in [0.25, 0.3) is 11.0 Å². The molecule has 0 spiro atoms. The first-order valence-corrected chi connectivity index (χ1v) is 7.71. The highest BCUT2D eigenvalue weighted by molar-refractivity contribution is 7.98. The Balaban J connectivity index is 1.88. The third-order valence-corrected chi connectivity index (χ3v) is 4.38. The fourth-order valence-electron chi connectivity index (χ4n) is 2.02. The predicted octanol–water partition coefficient (Wildman–Crippen LogP) is 4.57. The maximum absolute atomic E-state index is 6.01. The molecule has 0 saturated carbocycles. The summed E-state index contributed by atoms with van der Waals surface area (Å²) in [4.78, 5) is 8.77. The van der Waals surface area contributed by atoms with Crippen LogP contribution in [0.4, 0.5) is 0 Å². The Labute approximate surface area is 130 Å². The van der Waals surface area contributed by atoms with Gasteiger partial charge in [0.25, 0.3) is 0 Å². The molecule has 20 heavy (non-hydrogen) atoms. The summed E-state index contributed by atoms with van der Waals surface area (Å²) in [5.74, 6) is 0.761. The number of hydrogen-bond acceptors (Lipinski definition) is 3. The lowest BCUT2D eigenvalue weighted by atomic mass is 10.2. The maximum Gasteiger partial charge on any atom is 0.122 e. The first-order valence-electron chi connectivity index (χ1n) is 5.97. The van der Waals surface area contributed by atoms with Crippen molar-refractivity contribution in [3.8, 4) is 0 Å². The number of imidazole rings is 1. The van der Waals surface area contributed by atoms with Gasteiger partial charge < -0.3 is 4.57 Å². The fraction of sp³-hybridized carbons (Fsp3) is 0.143. The van der Waals surface area contributed by atoms with Crippen LogP contribution in [0, 0.1) is 0 Å². The van der Waals surface area contributed by atoms with E-state index >= 15 is 0 Å². The molecule has 0 aliphatic rings. The lowest BCUT2D eigenvalue weighted by Gasteiger charge is -2.05. The topological polar surface area (TPSA) is 30.7 Å². The van der Waals surface area contributed by atoms with E-state index in [1.165, 1.54) is 0 Å². The van der Waals surface area contributed by atoms with Gasteiger partial charge in [0.1, 0.15) is 10.5 Å². The minimum absolute atomic E-state index is 0.653. The molecule has 0 aliphatic heterocycles. The van der Waals surface area contributed by atoms with Crippen LogP contribution in [-0.2, 0) is 12.8 Å². The SMILES string of the molecule is Cn1cnc2ccnc(SCc3cc(Cl)cc(Cl)c3)c21. The van der Waals surface area contributed by atoms with Gasteiger partial charge in [0.15, 0.2) is 0 Å². The summed E-state index contributed by atoms with van der Waals surface area (Å²) in [5.41, 5.74) is 3.08. The predicted molar refractivity (Wildman–Crippen MR) is 84.5 cm³/mol. The summed E-state index contributed by atoms with van der Waals surface area (Å²) in [6, 6.07) is 7.49. The third kappa shape index (κ3) is 2.77. The molecule has 0 unspecified atom stereocenters. The van der Waals surface area contributed by atoms with Gasteiger partial charge in [-0.05, 0) is 29.8 Å². The van der Waals surface area contributed by atoms with Crippen molar-refractivity contribution >= 4 is 46.0 Å². The van der Waals surface area contributed by atoms with E-state index in [0.29, 0.717) is 10.0 Å². The van der Waals surface area contributed by atoms with Crippen LogP contribution in [0.2, 0.25) is 10.0 Å². The molecule has 0 saturated heterocycles. The minimum atomic E-state index is 0.653. The molecule has 102 valence electrons. The number of halogens is 2. The van der Waals surface area contributed by atoms with Crippen LogP contribution >= 0.6 is 35.0 Å². The zero-order valence-corrected chi connectivity index (χ0v) is 13.0. The average molecular weight is 324 g/mol. The molecular weight excluding hydrogens is 313 g/mol. The normalized spacial score (nSPS) is 11.2. The molecule has 3 aromatic rings. The Morgan fingerprint density at radius 1 is 1.15 bits per heavy atom. The lowest BCUT2D eigenvalue weighted by molar-refractivity contribution is 0.927. The molecule has 0 N–H and O–H groups in total. The van der Waals surface area contributed by atoms with E-state index in [-0.39, 0.29) is 0 Å². The highest BCUT2D eigenvalue weighted by atomic mass is 35.5. The standard InChI is InChI=1S/C14H11Cl2N3S/c1-19-8-18-12-2-3-17-14(13(12)19)20-7-9-4-10(15)6-11(16)5-9/h2-6,8H,7H2,1H3. The van der Waals surface area contributed by atoms with Gasteiger partial charge in [-0.2, -0.15) is 0 Å². The van der Waals surface area contributed by atoms with Crippen LogP contribution in [0.3, 0.4) is 0 Å². The first-order chi connectivity index (χ1) is 9.63. The maximum atomic E-state index is 6.01. The first kappa shape index (κ1) is 13.7. The lowest BCUT2D eigenvalue weighted by Crippen LogP contribution is -1.90. The molecule has 0 amide bonds. The molecule has 2 aromatic heterocycles. The van der Waals surface area contributed by atoms with E-state index in [4.69, 9.17) is 23.2 Å². The zero-order valence-electron chi connectivity index (χ0n) is 10.7. The highest BCUT2D eigenvalue weighted by Gasteiger charge is 2.08. The molecule has 0 radical (unpaired) electrons. The number of aromatic nitrogens is 3. The molecule has 1 aromatic carbocycles. The van der Waals surface area contributed by atoms with Gasteiger partial charge in [-0.1, -0.05) is 35.0 Å². The molecule has 2 heterocycles. The van der Waals surface area contributed by atoms with E-state index in [9.17, 15) is 0 Å². The fourth-order valence-corrected chi connectivity index (χ4v) is 3.58. The molecule has 6 heteroatoms. The average Bonchev–Trinajstić information content (AvgIpc) is 2.78. The van der Waals surface area contributed by atoms with Gasteiger partial charge in [0.2, 0.25) is 0 Å². The summed E-state index contributed by atoms with van der Waals surface area (Å²) in [6.45, 7) is 0. The number of benzene rings is 1. The van der Waals surface area contributed by atoms with Gasteiger partial charge in [-0.15, -0.1) is 0 Å². The van der Waals surface area contributed by atoms with Gasteiger partial charge in [-0.25, -0.2) is 9.97 Å². The van der Waals surface area contributed by atoms with E-state index in [0.717, 1.165) is 27.4 Å². The van der Waals surface area contributed by atoms with Crippen molar-refractivity contribution < 1.29 is 0 Å². The summed E-state index contributed by atoms with van der Waals surface area (Å²) in [6.07, 6.45) is 3.58. The van der Waals surface area contributed by atoms with Gasteiger partial charge in [-0.3, -0.25) is 0 Å². The van der Waals surface area contributed by atoms with Crippen LogP contribution in [0.1, 0.15) is 5.56 Å². The summed E-state index contributed by atoms with van der Waals surface area (Å²) < 4.78 is 1.98. The number of pyridine rings is 1. The highest BCUT2D eigenvalue weighted by Crippen LogP contribution is 2.29. The number of thioether (sulfide) groups is 1. The Hall–Kier alpha value is -1.23. The van der Waals surface area contributed by atoms with Gasteiger partial charge >= 0.3 is 0 Å². The largest absolute Gasteiger partial charge is 0.332 e. The van der Waals surface area contributed by atoms with Gasteiger partial charge in [0.05, 0.1) is 11.8 Å². The molecule has 0 fully saturated rings. The van der Waals surface area contributed by atoms with E-state index < -0.39 is 0 Å². The van der Waals surface area contributed by atoms with Crippen molar-refractivity contribution in [1.29, 1.82) is 0 Å². The molecule has 3 nitrogen and oxygen atoms in total. The second-order valence-corrected chi connectivity index (χ2v) is 6.24. The summed E-state index contributed by atoms with van der Waals surface area (Å²) in [7, 11) is 1.97. The third-order valence-electron chi connectivity index (χ3n) is 2.89. The van der Waals surface area contributed by atoms with E-state index in [2.05, 4.69) is 9.97 Å². The van der Waals surface area contributed by atoms with Crippen LogP contribution in [-0.4, -0.2) is 14.5 Å². The Bertz CT molecular complexity index is 750. The Morgan fingerprint density at radius 3 is 2.65 bits per heavy atom. The number of nitrogens with zero attached hydrogens (tertiary/aromatic N) is 3. The number of hydrogen-bond donors (Lipinski definition) is 0. The van der Waals surface area contributed by atoms with Gasteiger partial charge in [0, 0.05) is 29.0 Å². The van der Waals surface area contributed by atoms with E-state index in [1.807, 2.05) is 29.8 Å². The molecule has 0 atom stereocenters. The van der Waals surface area contributed by atoms with E-state index in [1.54, 1.807) is 30.4 Å². The smallest absolute Gasteiger partial charge is 0.122 e. The molecular formula is C14H11Cl2N3S. The van der Waals surface area contributed by atoms with Crippen molar-refractivity contribution in [3.63, 3.8) is 0 Å². The van der Waals surface area contributed by atoms with Crippen LogP contribution in [0.5, 0.6) is 0 Å². The second kappa shape index (κ2) is 5.64. The summed E-state index contributed by atoms with van der Waals surface area (Å²) >= 11 is 13.7. The second-order valence-electron chi connectivity index (χ2n) is 4.41. The molecule has 3 rings (SSSR count). The van der Waals surface area contributed by atoms with Crippen molar-refractivity contribution in [3.05, 3.63) is 52.4 Å². The molecule has 0 bridgehead atoms. The van der Waals surface area contributed by atoms with Crippen LogP contribution < -0.4 is 0 Å². The summed E-state index contributed by atoms with van der Waals surface area (Å²) in [5, 5.41) is 2.26. The monoisotopic (exact) mass is 323 g/mol. The van der Waals surface area contributed by atoms with Crippen molar-refractivity contribution in [2.45, 2.75) is 10.8 Å². The van der Waals surface area contributed by atoms with Crippen molar-refractivity contribution in [2.24, 2.45) is 7.05 Å². The quantitative estimate of drug-likeness (QED) is 0.661. The number of fused-ring (bicyclic) bond motifs is 1. The number of rotatable bonds is 3. The number of aryl methyl sites for hydroxylation is 1. The van der Waals surface area contributed by atoms with Crippen molar-refractivity contribution in [2.75, 3.05) is 0 Å². The minimum Gasteiger partial charge on any atom is -0.332 e.